The van der Waals surface area contributed by atoms with E-state index in [1.54, 1.807) is 0 Å². The Bertz CT molecular complexity index is 576. The van der Waals surface area contributed by atoms with Crippen molar-refractivity contribution >= 4 is 21.9 Å². The molecule has 114 valence electrons. The number of carboxylic acids is 1. The molecule has 0 spiro atoms. The molecule has 4 nitrogen and oxygen atoms in total. The molecule has 0 atom stereocenters. The molecule has 0 bridgehead atoms. The Kier molecular flexibility index (Phi) is 3.86. The topological polar surface area (TPSA) is 55.8 Å². The molecule has 3 rings (SSSR count). The Balaban J connectivity index is 2.24. The monoisotopic (exact) mass is 354 g/mol. The minimum Gasteiger partial charge on any atom is -0.486 e. The summed E-state index contributed by atoms with van der Waals surface area (Å²) in [7, 11) is 0. The predicted molar refractivity (Wildman–Crippen MR) is 82.3 cm³/mol. The lowest BCUT2D eigenvalue weighted by Gasteiger charge is -2.31. The van der Waals surface area contributed by atoms with Gasteiger partial charge in [-0.15, -0.1) is 0 Å². The quantitative estimate of drug-likeness (QED) is 0.899. The van der Waals surface area contributed by atoms with Crippen molar-refractivity contribution < 1.29 is 19.4 Å². The van der Waals surface area contributed by atoms with Gasteiger partial charge in [-0.2, -0.15) is 0 Å². The number of aliphatic carboxylic acids is 1. The molecular formula is C16H19BrO4. The van der Waals surface area contributed by atoms with Crippen LogP contribution in [-0.4, -0.2) is 24.3 Å². The van der Waals surface area contributed by atoms with Crippen LogP contribution in [0.1, 0.15) is 43.7 Å². The standard InChI is InChI=1S/C16H19BrO4/c1-2-10-13(16(15(18)19)5-3-4-6-16)11(17)9-12-14(10)21-8-7-20-12/h9H,2-8H2,1H3,(H,18,19). The molecule has 0 amide bonds. The number of halogens is 1. The van der Waals surface area contributed by atoms with Gasteiger partial charge in [-0.3, -0.25) is 4.79 Å². The molecule has 1 aromatic rings. The van der Waals surface area contributed by atoms with E-state index in [1.807, 2.05) is 13.0 Å². The van der Waals surface area contributed by atoms with E-state index in [9.17, 15) is 9.90 Å². The van der Waals surface area contributed by atoms with Gasteiger partial charge >= 0.3 is 5.97 Å². The van der Waals surface area contributed by atoms with Crippen LogP contribution in [0.25, 0.3) is 0 Å². The average molecular weight is 355 g/mol. The molecule has 0 radical (unpaired) electrons. The number of benzene rings is 1. The average Bonchev–Trinajstić information content (AvgIpc) is 2.96. The van der Waals surface area contributed by atoms with Gasteiger partial charge in [0, 0.05) is 10.0 Å². The molecule has 1 N–H and O–H groups in total. The molecule has 1 aliphatic heterocycles. The van der Waals surface area contributed by atoms with Crippen molar-refractivity contribution in [3.05, 3.63) is 21.7 Å². The summed E-state index contributed by atoms with van der Waals surface area (Å²) in [6, 6.07) is 1.87. The molecule has 1 aliphatic carbocycles. The second kappa shape index (κ2) is 5.52. The van der Waals surface area contributed by atoms with Gasteiger partial charge in [-0.1, -0.05) is 35.7 Å². The van der Waals surface area contributed by atoms with Crippen molar-refractivity contribution in [2.45, 2.75) is 44.4 Å². The fourth-order valence-corrected chi connectivity index (χ4v) is 4.45. The Morgan fingerprint density at radius 3 is 2.62 bits per heavy atom. The third-order valence-corrected chi connectivity index (χ3v) is 5.21. The maximum absolute atomic E-state index is 12.0. The van der Waals surface area contributed by atoms with E-state index in [1.165, 1.54) is 0 Å². The highest BCUT2D eigenvalue weighted by Crippen LogP contribution is 2.50. The molecule has 0 unspecified atom stereocenters. The van der Waals surface area contributed by atoms with Gasteiger partial charge < -0.3 is 14.6 Å². The van der Waals surface area contributed by atoms with Gasteiger partial charge in [0.2, 0.25) is 0 Å². The molecule has 0 saturated heterocycles. The van der Waals surface area contributed by atoms with Gasteiger partial charge in [-0.25, -0.2) is 0 Å². The maximum Gasteiger partial charge on any atom is 0.314 e. The Morgan fingerprint density at radius 2 is 2.00 bits per heavy atom. The van der Waals surface area contributed by atoms with Crippen LogP contribution in [-0.2, 0) is 16.6 Å². The molecule has 1 aromatic carbocycles. The van der Waals surface area contributed by atoms with Crippen LogP contribution in [0.15, 0.2) is 10.5 Å². The number of hydrogen-bond donors (Lipinski definition) is 1. The maximum atomic E-state index is 12.0. The Hall–Kier alpha value is -1.23. The summed E-state index contributed by atoms with van der Waals surface area (Å²) < 4.78 is 12.3. The number of hydrogen-bond acceptors (Lipinski definition) is 3. The lowest BCUT2D eigenvalue weighted by molar-refractivity contribution is -0.143. The zero-order valence-electron chi connectivity index (χ0n) is 12.1. The third kappa shape index (κ3) is 2.22. The summed E-state index contributed by atoms with van der Waals surface area (Å²) >= 11 is 3.58. The summed E-state index contributed by atoms with van der Waals surface area (Å²) in [5.74, 6) is 0.716. The van der Waals surface area contributed by atoms with Gasteiger partial charge in [-0.05, 0) is 30.9 Å². The summed E-state index contributed by atoms with van der Waals surface area (Å²) in [4.78, 5) is 12.0. The van der Waals surface area contributed by atoms with Gasteiger partial charge in [0.15, 0.2) is 11.5 Å². The van der Waals surface area contributed by atoms with Crippen LogP contribution in [0.3, 0.4) is 0 Å². The Morgan fingerprint density at radius 1 is 1.33 bits per heavy atom. The number of carboxylic acid groups (broad SMARTS) is 1. The summed E-state index contributed by atoms with van der Waals surface area (Å²) in [5, 5.41) is 9.87. The Labute approximate surface area is 132 Å². The van der Waals surface area contributed by atoms with E-state index in [4.69, 9.17) is 9.47 Å². The molecule has 5 heteroatoms. The van der Waals surface area contributed by atoms with Crippen molar-refractivity contribution in [3.8, 4) is 11.5 Å². The summed E-state index contributed by atoms with van der Waals surface area (Å²) in [6.45, 7) is 3.08. The predicted octanol–water partition coefficient (Wildman–Crippen LogP) is 3.68. The zero-order chi connectivity index (χ0) is 15.0. The van der Waals surface area contributed by atoms with Crippen LogP contribution in [0, 0.1) is 0 Å². The SMILES string of the molecule is CCc1c2c(cc(Br)c1C1(C(=O)O)CCCC1)OCCO2. The first-order chi connectivity index (χ1) is 10.1. The van der Waals surface area contributed by atoms with Gasteiger partial charge in [0.1, 0.15) is 13.2 Å². The lowest BCUT2D eigenvalue weighted by atomic mass is 9.76. The number of ether oxygens (including phenoxy) is 2. The van der Waals surface area contributed by atoms with Crippen LogP contribution in [0.5, 0.6) is 11.5 Å². The number of fused-ring (bicyclic) bond motifs is 1. The van der Waals surface area contributed by atoms with Crippen LogP contribution >= 0.6 is 15.9 Å². The molecule has 21 heavy (non-hydrogen) atoms. The van der Waals surface area contributed by atoms with Crippen molar-refractivity contribution in [3.63, 3.8) is 0 Å². The lowest BCUT2D eigenvalue weighted by Crippen LogP contribution is -2.34. The fourth-order valence-electron chi connectivity index (χ4n) is 3.62. The number of carbonyl (C=O) groups is 1. The van der Waals surface area contributed by atoms with Crippen molar-refractivity contribution in [2.24, 2.45) is 0 Å². The zero-order valence-corrected chi connectivity index (χ0v) is 13.7. The molecule has 2 aliphatic rings. The van der Waals surface area contributed by atoms with E-state index >= 15 is 0 Å². The van der Waals surface area contributed by atoms with Crippen LogP contribution in [0.2, 0.25) is 0 Å². The summed E-state index contributed by atoms with van der Waals surface area (Å²) in [5.41, 5.74) is 1.07. The van der Waals surface area contributed by atoms with Crippen LogP contribution < -0.4 is 9.47 Å². The smallest absolute Gasteiger partial charge is 0.314 e. The molecule has 1 heterocycles. The third-order valence-electron chi connectivity index (χ3n) is 4.58. The summed E-state index contributed by atoms with van der Waals surface area (Å²) in [6.07, 6.45) is 4.02. The van der Waals surface area contributed by atoms with E-state index in [2.05, 4.69) is 15.9 Å². The highest BCUT2D eigenvalue weighted by atomic mass is 79.9. The van der Waals surface area contributed by atoms with Gasteiger partial charge in [0.25, 0.3) is 0 Å². The van der Waals surface area contributed by atoms with Crippen molar-refractivity contribution in [1.29, 1.82) is 0 Å². The van der Waals surface area contributed by atoms with E-state index in [0.717, 1.165) is 40.6 Å². The van der Waals surface area contributed by atoms with E-state index in [-0.39, 0.29) is 0 Å². The highest BCUT2D eigenvalue weighted by Gasteiger charge is 2.46. The first kappa shape index (κ1) is 14.7. The first-order valence-electron chi connectivity index (χ1n) is 7.45. The minimum absolute atomic E-state index is 0.515. The van der Waals surface area contributed by atoms with Crippen LogP contribution in [0.4, 0.5) is 0 Å². The molecule has 1 fully saturated rings. The highest BCUT2D eigenvalue weighted by molar-refractivity contribution is 9.10. The second-order valence-corrected chi connectivity index (χ2v) is 6.54. The minimum atomic E-state index is -0.792. The molecule has 1 saturated carbocycles. The fraction of sp³-hybridized carbons (Fsp3) is 0.562. The first-order valence-corrected chi connectivity index (χ1v) is 8.24. The van der Waals surface area contributed by atoms with E-state index < -0.39 is 11.4 Å². The van der Waals surface area contributed by atoms with E-state index in [0.29, 0.717) is 31.8 Å². The molecular weight excluding hydrogens is 336 g/mol. The second-order valence-electron chi connectivity index (χ2n) is 5.68. The number of rotatable bonds is 3. The van der Waals surface area contributed by atoms with Crippen molar-refractivity contribution in [2.75, 3.05) is 13.2 Å². The largest absolute Gasteiger partial charge is 0.486 e. The van der Waals surface area contributed by atoms with Crippen molar-refractivity contribution in [1.82, 2.24) is 0 Å². The van der Waals surface area contributed by atoms with Gasteiger partial charge in [0.05, 0.1) is 5.41 Å². The molecule has 0 aromatic heterocycles. The normalized spacial score (nSPS) is 19.5.